The molecule has 2 aliphatic heterocycles. The highest BCUT2D eigenvalue weighted by Gasteiger charge is 2.53. The number of piperidine rings is 1. The molecule has 9 nitrogen and oxygen atoms in total. The molecule has 1 spiro atoms. The van der Waals surface area contributed by atoms with E-state index in [0.717, 1.165) is 5.56 Å². The third-order valence-corrected chi connectivity index (χ3v) is 9.14. The van der Waals surface area contributed by atoms with Crippen LogP contribution in [0.4, 0.5) is 23.2 Å². The van der Waals surface area contributed by atoms with Crippen LogP contribution in [0.1, 0.15) is 64.1 Å². The number of carbonyl (C=O) groups excluding carboxylic acids is 3. The average Bonchev–Trinajstić information content (AvgIpc) is 3.28. The van der Waals surface area contributed by atoms with E-state index in [-0.39, 0.29) is 44.1 Å². The monoisotopic (exact) mass is 668 g/mol. The van der Waals surface area contributed by atoms with Gasteiger partial charge in [-0.15, -0.1) is 0 Å². The van der Waals surface area contributed by atoms with Crippen molar-refractivity contribution in [3.63, 3.8) is 0 Å². The Kier molecular flexibility index (Phi) is 9.52. The molecule has 0 saturated carbocycles. The van der Waals surface area contributed by atoms with Crippen molar-refractivity contribution in [2.24, 2.45) is 5.92 Å². The van der Waals surface area contributed by atoms with Crippen molar-refractivity contribution in [3.05, 3.63) is 100 Å². The number of anilines is 1. The van der Waals surface area contributed by atoms with Gasteiger partial charge in [0.15, 0.2) is 0 Å². The number of halogens is 4. The van der Waals surface area contributed by atoms with Crippen molar-refractivity contribution in [1.29, 1.82) is 0 Å². The van der Waals surface area contributed by atoms with Crippen LogP contribution in [0.3, 0.4) is 0 Å². The van der Waals surface area contributed by atoms with E-state index in [1.54, 1.807) is 37.9 Å². The molecule has 3 amide bonds. The summed E-state index contributed by atoms with van der Waals surface area (Å²) in [7, 11) is 1.68. The van der Waals surface area contributed by atoms with Gasteiger partial charge in [0, 0.05) is 25.8 Å². The predicted octanol–water partition coefficient (Wildman–Crippen LogP) is 5.19. The largest absolute Gasteiger partial charge is 0.478 e. The van der Waals surface area contributed by atoms with Crippen molar-refractivity contribution >= 4 is 29.4 Å². The Bertz CT molecular complexity index is 1720. The van der Waals surface area contributed by atoms with E-state index >= 15 is 0 Å². The van der Waals surface area contributed by atoms with E-state index in [4.69, 9.17) is 0 Å². The Balaban J connectivity index is 1.36. The number of rotatable bonds is 8. The van der Waals surface area contributed by atoms with Crippen molar-refractivity contribution in [1.82, 2.24) is 15.1 Å². The first-order chi connectivity index (χ1) is 22.6. The first-order valence-electron chi connectivity index (χ1n) is 15.5. The number of likely N-dealkylation sites (tertiary alicyclic amines) is 1. The van der Waals surface area contributed by atoms with Crippen LogP contribution in [0, 0.1) is 11.7 Å². The molecule has 2 fully saturated rings. The Labute approximate surface area is 275 Å². The maximum Gasteiger partial charge on any atom is 0.416 e. The zero-order chi connectivity index (χ0) is 35.0. The summed E-state index contributed by atoms with van der Waals surface area (Å²) < 4.78 is 54.1. The quantitative estimate of drug-likeness (QED) is 0.320. The number of nitrogens with one attached hydrogen (secondary N) is 1. The molecule has 254 valence electrons. The predicted molar refractivity (Wildman–Crippen MR) is 169 cm³/mol. The molecule has 0 aromatic heterocycles. The van der Waals surface area contributed by atoms with Crippen LogP contribution in [0.2, 0.25) is 0 Å². The zero-order valence-corrected chi connectivity index (χ0v) is 26.7. The van der Waals surface area contributed by atoms with E-state index in [1.165, 1.54) is 11.0 Å². The van der Waals surface area contributed by atoms with Gasteiger partial charge in [0.05, 0.1) is 23.4 Å². The molecule has 0 aliphatic carbocycles. The summed E-state index contributed by atoms with van der Waals surface area (Å²) >= 11 is 0. The van der Waals surface area contributed by atoms with Gasteiger partial charge in [-0.05, 0) is 72.7 Å². The third-order valence-electron chi connectivity index (χ3n) is 9.14. The molecule has 2 aliphatic rings. The van der Waals surface area contributed by atoms with Crippen molar-refractivity contribution in [2.75, 3.05) is 31.7 Å². The first-order valence-corrected chi connectivity index (χ1v) is 15.5. The second kappa shape index (κ2) is 13.3. The van der Waals surface area contributed by atoms with E-state index in [1.807, 2.05) is 35.2 Å². The van der Waals surface area contributed by atoms with Gasteiger partial charge in [0.2, 0.25) is 11.8 Å². The number of carbonyl (C=O) groups is 4. The lowest BCUT2D eigenvalue weighted by atomic mass is 9.84. The first kappa shape index (κ1) is 34.4. The SMILES string of the molecule is CC(C)[C@@H](NC(=O)c1cc(C(F)(F)F)ccc1F)C(=O)N1CCC2(CC1)C(=O)N(C)CN2c1ccc(C(=O)O)c(Cc2ccccc2)c1. The number of nitrogens with zero attached hydrogens (tertiary/aromatic N) is 3. The molecule has 5 rings (SSSR count). The number of hydrogen-bond acceptors (Lipinski definition) is 5. The lowest BCUT2D eigenvalue weighted by Crippen LogP contribution is -2.60. The second-order valence-electron chi connectivity index (χ2n) is 12.6. The number of hydrogen-bond donors (Lipinski definition) is 2. The van der Waals surface area contributed by atoms with Gasteiger partial charge in [-0.25, -0.2) is 9.18 Å². The molecule has 0 unspecified atom stereocenters. The fourth-order valence-electron chi connectivity index (χ4n) is 6.52. The lowest BCUT2D eigenvalue weighted by Gasteiger charge is -2.44. The highest BCUT2D eigenvalue weighted by atomic mass is 19.4. The number of benzene rings is 3. The normalized spacial score (nSPS) is 16.8. The van der Waals surface area contributed by atoms with Gasteiger partial charge < -0.3 is 25.1 Å². The van der Waals surface area contributed by atoms with E-state index in [2.05, 4.69) is 5.32 Å². The molecule has 1 atom stereocenters. The average molecular weight is 669 g/mol. The van der Waals surface area contributed by atoms with Gasteiger partial charge in [0.1, 0.15) is 17.4 Å². The number of amides is 3. The Morgan fingerprint density at radius 2 is 1.62 bits per heavy atom. The summed E-state index contributed by atoms with van der Waals surface area (Å²) in [5, 5.41) is 12.3. The van der Waals surface area contributed by atoms with E-state index < -0.39 is 58.4 Å². The zero-order valence-electron chi connectivity index (χ0n) is 26.7. The third kappa shape index (κ3) is 6.71. The summed E-state index contributed by atoms with van der Waals surface area (Å²) in [6.07, 6.45) is -3.95. The smallest absolute Gasteiger partial charge is 0.416 e. The Morgan fingerprint density at radius 3 is 2.23 bits per heavy atom. The standard InChI is InChI=1S/C35H36F4N4O5/c1-21(2)29(40-30(44)27-19-24(35(37,38)39)9-12-28(27)36)31(45)42-15-13-34(14-16-42)33(48)41(3)20-43(34)25-10-11-26(32(46)47)23(18-25)17-22-7-5-4-6-8-22/h4-12,18-19,21,29H,13-17,20H2,1-3H3,(H,40,44)(H,46,47)/t29-/m1/s1. The maximum atomic E-state index is 14.4. The summed E-state index contributed by atoms with van der Waals surface area (Å²) in [6.45, 7) is 3.83. The molecule has 2 N–H and O–H groups in total. The molecule has 0 bridgehead atoms. The van der Waals surface area contributed by atoms with Gasteiger partial charge in [-0.2, -0.15) is 13.2 Å². The summed E-state index contributed by atoms with van der Waals surface area (Å²) in [5.41, 5.74) is -0.695. The van der Waals surface area contributed by atoms with Gasteiger partial charge >= 0.3 is 12.1 Å². The van der Waals surface area contributed by atoms with Gasteiger partial charge in [0.25, 0.3) is 5.91 Å². The minimum Gasteiger partial charge on any atom is -0.478 e. The van der Waals surface area contributed by atoms with Crippen LogP contribution in [0.15, 0.2) is 66.7 Å². The van der Waals surface area contributed by atoms with Crippen molar-refractivity contribution in [3.8, 4) is 0 Å². The fourth-order valence-corrected chi connectivity index (χ4v) is 6.52. The highest BCUT2D eigenvalue weighted by Crippen LogP contribution is 2.40. The van der Waals surface area contributed by atoms with Crippen LogP contribution >= 0.6 is 0 Å². The van der Waals surface area contributed by atoms with Crippen LogP contribution in [0.5, 0.6) is 0 Å². The summed E-state index contributed by atoms with van der Waals surface area (Å²) in [6, 6.07) is 14.8. The summed E-state index contributed by atoms with van der Waals surface area (Å²) in [4.78, 5) is 57.4. The van der Waals surface area contributed by atoms with E-state index in [0.29, 0.717) is 35.9 Å². The number of alkyl halides is 3. The molecule has 2 saturated heterocycles. The van der Waals surface area contributed by atoms with Crippen LogP contribution in [0.25, 0.3) is 0 Å². The summed E-state index contributed by atoms with van der Waals surface area (Å²) in [5.74, 6) is -4.49. The topological polar surface area (TPSA) is 110 Å². The molecular weight excluding hydrogens is 632 g/mol. The molecule has 3 aromatic carbocycles. The van der Waals surface area contributed by atoms with Crippen LogP contribution in [-0.2, 0) is 22.2 Å². The molecule has 0 radical (unpaired) electrons. The van der Waals surface area contributed by atoms with Gasteiger partial charge in [-0.3, -0.25) is 14.4 Å². The number of aromatic carboxylic acids is 1. The minimum atomic E-state index is -4.79. The highest BCUT2D eigenvalue weighted by molar-refractivity contribution is 5.98. The number of carboxylic acid groups (broad SMARTS) is 1. The lowest BCUT2D eigenvalue weighted by molar-refractivity contribution is -0.139. The maximum absolute atomic E-state index is 14.4. The molecule has 2 heterocycles. The number of carboxylic acids is 1. The molecule has 48 heavy (non-hydrogen) atoms. The van der Waals surface area contributed by atoms with Crippen LogP contribution < -0.4 is 10.2 Å². The van der Waals surface area contributed by atoms with Crippen molar-refractivity contribution < 1.29 is 41.8 Å². The molecule has 13 heteroatoms. The van der Waals surface area contributed by atoms with Gasteiger partial charge in [-0.1, -0.05) is 44.2 Å². The molecule has 3 aromatic rings. The minimum absolute atomic E-state index is 0.135. The van der Waals surface area contributed by atoms with Crippen molar-refractivity contribution in [2.45, 2.75) is 50.9 Å². The van der Waals surface area contributed by atoms with Crippen LogP contribution in [-0.4, -0.2) is 77.0 Å². The molecular formula is C35H36F4N4O5. The van der Waals surface area contributed by atoms with E-state index in [9.17, 15) is 41.8 Å². The number of likely N-dealkylation sites (N-methyl/N-ethyl adjacent to an activating group) is 1. The fraction of sp³-hybridized carbons (Fsp3) is 0.371. The Morgan fingerprint density at radius 1 is 0.958 bits per heavy atom. The Hall–Kier alpha value is -4.94. The second-order valence-corrected chi connectivity index (χ2v) is 12.6.